The number of nitrogens with one attached hydrogen (secondary N) is 2. The molecule has 1 unspecified atom stereocenters. The fraction of sp³-hybridized carbons (Fsp3) is 0.818. The standard InChI is InChI=1S/C11H21N3O2S/c1-7(10(15)14-11(12)16)13-8-3-5-9(17-2)6-4-8/h7-9,13H,3-6H2,1-2H3,(H3,12,14,15,16). The van der Waals surface area contributed by atoms with Gasteiger partial charge >= 0.3 is 6.03 Å². The molecule has 0 aliphatic heterocycles. The van der Waals surface area contributed by atoms with Crippen LogP contribution in [-0.4, -0.2) is 35.5 Å². The number of carbonyl (C=O) groups excluding carboxylic acids is 2. The first-order valence-electron chi connectivity index (χ1n) is 5.92. The van der Waals surface area contributed by atoms with Crippen LogP contribution in [-0.2, 0) is 4.79 Å². The summed E-state index contributed by atoms with van der Waals surface area (Å²) < 4.78 is 0. The Kier molecular flexibility index (Phi) is 5.77. The molecule has 98 valence electrons. The zero-order valence-electron chi connectivity index (χ0n) is 10.4. The summed E-state index contributed by atoms with van der Waals surface area (Å²) in [5.74, 6) is -0.357. The van der Waals surface area contributed by atoms with Gasteiger partial charge in [0.05, 0.1) is 6.04 Å². The predicted octanol–water partition coefficient (Wildman–Crippen LogP) is 0.834. The van der Waals surface area contributed by atoms with Gasteiger partial charge in [0.15, 0.2) is 0 Å². The summed E-state index contributed by atoms with van der Waals surface area (Å²) in [7, 11) is 0. The molecule has 1 fully saturated rings. The zero-order chi connectivity index (χ0) is 12.8. The van der Waals surface area contributed by atoms with E-state index in [0.717, 1.165) is 18.1 Å². The van der Waals surface area contributed by atoms with Gasteiger partial charge in [0.2, 0.25) is 5.91 Å². The van der Waals surface area contributed by atoms with Gasteiger partial charge in [0.1, 0.15) is 0 Å². The summed E-state index contributed by atoms with van der Waals surface area (Å²) in [6.07, 6.45) is 6.67. The van der Waals surface area contributed by atoms with Crippen molar-refractivity contribution in [2.24, 2.45) is 5.73 Å². The minimum atomic E-state index is -0.797. The van der Waals surface area contributed by atoms with Gasteiger partial charge in [-0.15, -0.1) is 0 Å². The van der Waals surface area contributed by atoms with Gasteiger partial charge in [0.25, 0.3) is 0 Å². The van der Waals surface area contributed by atoms with E-state index in [-0.39, 0.29) is 11.9 Å². The van der Waals surface area contributed by atoms with Crippen LogP contribution in [0.4, 0.5) is 4.79 Å². The highest BCUT2D eigenvalue weighted by Crippen LogP contribution is 2.26. The number of imide groups is 1. The molecule has 0 aromatic rings. The second-order valence-electron chi connectivity index (χ2n) is 4.45. The summed E-state index contributed by atoms with van der Waals surface area (Å²) in [6.45, 7) is 1.75. The smallest absolute Gasteiger partial charge is 0.318 e. The minimum absolute atomic E-state index is 0.357. The van der Waals surface area contributed by atoms with Crippen molar-refractivity contribution in [3.63, 3.8) is 0 Å². The number of primary amides is 1. The molecule has 0 aromatic carbocycles. The summed E-state index contributed by atoms with van der Waals surface area (Å²) in [4.78, 5) is 22.0. The fourth-order valence-corrected chi connectivity index (χ4v) is 2.87. The summed E-state index contributed by atoms with van der Waals surface area (Å²) in [5, 5.41) is 6.08. The molecule has 1 atom stereocenters. The Hall–Kier alpha value is -0.750. The molecule has 0 bridgehead atoms. The molecule has 0 spiro atoms. The Bertz CT molecular complexity index is 278. The number of amides is 3. The van der Waals surface area contributed by atoms with Crippen molar-refractivity contribution in [1.29, 1.82) is 0 Å². The van der Waals surface area contributed by atoms with Gasteiger partial charge in [-0.05, 0) is 38.9 Å². The Labute approximate surface area is 106 Å². The van der Waals surface area contributed by atoms with E-state index >= 15 is 0 Å². The topological polar surface area (TPSA) is 84.2 Å². The molecular formula is C11H21N3O2S. The molecule has 17 heavy (non-hydrogen) atoms. The number of carbonyl (C=O) groups is 2. The van der Waals surface area contributed by atoms with Crippen LogP contribution in [0.3, 0.4) is 0 Å². The molecular weight excluding hydrogens is 238 g/mol. The van der Waals surface area contributed by atoms with Gasteiger partial charge in [-0.25, -0.2) is 4.79 Å². The number of hydrogen-bond donors (Lipinski definition) is 3. The van der Waals surface area contributed by atoms with Gasteiger partial charge in [-0.2, -0.15) is 11.8 Å². The molecule has 3 amide bonds. The van der Waals surface area contributed by atoms with E-state index in [9.17, 15) is 9.59 Å². The van der Waals surface area contributed by atoms with Crippen LogP contribution in [0.2, 0.25) is 0 Å². The third-order valence-corrected chi connectivity index (χ3v) is 4.27. The molecule has 0 saturated heterocycles. The zero-order valence-corrected chi connectivity index (χ0v) is 11.2. The second-order valence-corrected chi connectivity index (χ2v) is 5.59. The number of rotatable bonds is 4. The Morgan fingerprint density at radius 1 is 1.29 bits per heavy atom. The first-order chi connectivity index (χ1) is 8.02. The van der Waals surface area contributed by atoms with E-state index in [2.05, 4.69) is 16.9 Å². The monoisotopic (exact) mass is 259 g/mol. The van der Waals surface area contributed by atoms with Gasteiger partial charge in [-0.3, -0.25) is 10.1 Å². The average molecular weight is 259 g/mol. The van der Waals surface area contributed by atoms with Crippen LogP contribution in [0, 0.1) is 0 Å². The van der Waals surface area contributed by atoms with Crippen LogP contribution in [0.25, 0.3) is 0 Å². The molecule has 6 heteroatoms. The first kappa shape index (κ1) is 14.3. The largest absolute Gasteiger partial charge is 0.351 e. The van der Waals surface area contributed by atoms with Crippen LogP contribution >= 0.6 is 11.8 Å². The summed E-state index contributed by atoms with van der Waals surface area (Å²) in [5.41, 5.74) is 4.90. The van der Waals surface area contributed by atoms with Gasteiger partial charge in [0, 0.05) is 11.3 Å². The number of nitrogens with two attached hydrogens (primary N) is 1. The highest BCUT2D eigenvalue weighted by molar-refractivity contribution is 7.99. The molecule has 0 radical (unpaired) electrons. The molecule has 1 rings (SSSR count). The Morgan fingerprint density at radius 3 is 2.35 bits per heavy atom. The number of hydrogen-bond acceptors (Lipinski definition) is 4. The minimum Gasteiger partial charge on any atom is -0.351 e. The Morgan fingerprint density at radius 2 is 1.88 bits per heavy atom. The van der Waals surface area contributed by atoms with Gasteiger partial charge < -0.3 is 11.1 Å². The Balaban J connectivity index is 2.29. The molecule has 4 N–H and O–H groups in total. The predicted molar refractivity (Wildman–Crippen MR) is 69.9 cm³/mol. The van der Waals surface area contributed by atoms with E-state index in [4.69, 9.17) is 5.73 Å². The maximum absolute atomic E-state index is 11.5. The highest BCUT2D eigenvalue weighted by atomic mass is 32.2. The van der Waals surface area contributed by atoms with E-state index in [1.807, 2.05) is 11.8 Å². The van der Waals surface area contributed by atoms with Crippen molar-refractivity contribution in [1.82, 2.24) is 10.6 Å². The third-order valence-electron chi connectivity index (χ3n) is 3.13. The van der Waals surface area contributed by atoms with Crippen molar-refractivity contribution >= 4 is 23.7 Å². The van der Waals surface area contributed by atoms with Crippen LogP contribution in [0.5, 0.6) is 0 Å². The van der Waals surface area contributed by atoms with Crippen molar-refractivity contribution in [3.8, 4) is 0 Å². The van der Waals surface area contributed by atoms with Crippen LogP contribution in [0.15, 0.2) is 0 Å². The molecule has 5 nitrogen and oxygen atoms in total. The highest BCUT2D eigenvalue weighted by Gasteiger charge is 2.23. The fourth-order valence-electron chi connectivity index (χ4n) is 2.12. The van der Waals surface area contributed by atoms with E-state index in [1.54, 1.807) is 6.92 Å². The van der Waals surface area contributed by atoms with E-state index in [1.165, 1.54) is 12.8 Å². The maximum Gasteiger partial charge on any atom is 0.318 e. The van der Waals surface area contributed by atoms with Gasteiger partial charge in [-0.1, -0.05) is 0 Å². The lowest BCUT2D eigenvalue weighted by Crippen LogP contribution is -2.50. The van der Waals surface area contributed by atoms with E-state index in [0.29, 0.717) is 6.04 Å². The average Bonchev–Trinajstić information content (AvgIpc) is 2.29. The normalized spacial score (nSPS) is 26.2. The lowest BCUT2D eigenvalue weighted by atomic mass is 9.94. The van der Waals surface area contributed by atoms with Crippen molar-refractivity contribution in [3.05, 3.63) is 0 Å². The number of urea groups is 1. The van der Waals surface area contributed by atoms with Crippen molar-refractivity contribution in [2.75, 3.05) is 6.26 Å². The third kappa shape index (κ3) is 4.95. The molecule has 1 aliphatic carbocycles. The summed E-state index contributed by atoms with van der Waals surface area (Å²) in [6, 6.07) is -0.805. The SMILES string of the molecule is CSC1CCC(NC(C)C(=O)NC(N)=O)CC1. The maximum atomic E-state index is 11.5. The van der Waals surface area contributed by atoms with Crippen molar-refractivity contribution in [2.45, 2.75) is 49.9 Å². The lowest BCUT2D eigenvalue weighted by molar-refractivity contribution is -0.121. The molecule has 1 saturated carbocycles. The van der Waals surface area contributed by atoms with Crippen molar-refractivity contribution < 1.29 is 9.59 Å². The molecule has 0 heterocycles. The summed E-state index contributed by atoms with van der Waals surface area (Å²) >= 11 is 1.91. The second kappa shape index (κ2) is 6.86. The van der Waals surface area contributed by atoms with Crippen LogP contribution in [0.1, 0.15) is 32.6 Å². The first-order valence-corrected chi connectivity index (χ1v) is 7.21. The number of thioether (sulfide) groups is 1. The quantitative estimate of drug-likeness (QED) is 0.698. The van der Waals surface area contributed by atoms with Crippen LogP contribution < -0.4 is 16.4 Å². The van der Waals surface area contributed by atoms with E-state index < -0.39 is 6.03 Å². The lowest BCUT2D eigenvalue weighted by Gasteiger charge is -2.29. The molecule has 0 aromatic heterocycles. The molecule has 1 aliphatic rings.